The number of hydrogen-bond acceptors (Lipinski definition) is 6. The highest BCUT2D eigenvalue weighted by molar-refractivity contribution is 7.89. The highest BCUT2D eigenvalue weighted by Gasteiger charge is 2.32. The first-order valence-electron chi connectivity index (χ1n) is 10.7. The van der Waals surface area contributed by atoms with Crippen LogP contribution in [0.1, 0.15) is 29.2 Å². The van der Waals surface area contributed by atoms with Crippen LogP contribution in [0.25, 0.3) is 0 Å². The van der Waals surface area contributed by atoms with E-state index in [1.54, 1.807) is 4.90 Å². The van der Waals surface area contributed by atoms with Crippen molar-refractivity contribution in [3.8, 4) is 11.5 Å². The largest absolute Gasteiger partial charge is 0.493 e. The number of methoxy groups -OCH3 is 2. The van der Waals surface area contributed by atoms with Crippen LogP contribution in [0.4, 0.5) is 0 Å². The molecule has 0 saturated carbocycles. The second-order valence-electron chi connectivity index (χ2n) is 7.88. The van der Waals surface area contributed by atoms with Crippen molar-refractivity contribution in [2.24, 2.45) is 0 Å². The first-order valence-corrected chi connectivity index (χ1v) is 12.2. The van der Waals surface area contributed by atoms with E-state index in [2.05, 4.69) is 4.57 Å². The minimum atomic E-state index is -3.80. The third-order valence-electron chi connectivity index (χ3n) is 6.09. The van der Waals surface area contributed by atoms with E-state index in [-0.39, 0.29) is 41.0 Å². The Morgan fingerprint density at radius 2 is 1.66 bits per heavy atom. The van der Waals surface area contributed by atoms with Crippen molar-refractivity contribution in [2.45, 2.75) is 23.8 Å². The fourth-order valence-corrected chi connectivity index (χ4v) is 5.76. The molecular formula is C22H29N3O6S. The topological polar surface area (TPSA) is 90.3 Å². The second-order valence-corrected chi connectivity index (χ2v) is 9.81. The number of nitrogens with zero attached hydrogens (tertiary/aromatic N) is 3. The lowest BCUT2D eigenvalue weighted by Crippen LogP contribution is -2.41. The van der Waals surface area contributed by atoms with Gasteiger partial charge in [0, 0.05) is 50.7 Å². The van der Waals surface area contributed by atoms with Gasteiger partial charge >= 0.3 is 0 Å². The van der Waals surface area contributed by atoms with Gasteiger partial charge in [-0.2, -0.15) is 4.31 Å². The number of sulfonamides is 1. The maximum atomic E-state index is 13.5. The SMILES string of the molecule is COc1cc(S(=O)(=O)N2CCOCC2)cc(C(=O)N2CCC(n3cccc3)CC2)c1OC. The number of amides is 1. The van der Waals surface area contributed by atoms with E-state index >= 15 is 0 Å². The van der Waals surface area contributed by atoms with Crippen molar-refractivity contribution in [1.82, 2.24) is 13.8 Å². The van der Waals surface area contributed by atoms with Gasteiger partial charge in [-0.15, -0.1) is 0 Å². The molecule has 0 atom stereocenters. The van der Waals surface area contributed by atoms with Gasteiger partial charge in [-0.3, -0.25) is 4.79 Å². The zero-order valence-corrected chi connectivity index (χ0v) is 19.2. The predicted octanol–water partition coefficient (Wildman–Crippen LogP) is 2.00. The number of benzene rings is 1. The highest BCUT2D eigenvalue weighted by Crippen LogP contribution is 2.36. The van der Waals surface area contributed by atoms with E-state index in [1.165, 1.54) is 30.7 Å². The first-order chi connectivity index (χ1) is 15.5. The van der Waals surface area contributed by atoms with Gasteiger partial charge in [0.2, 0.25) is 10.0 Å². The Labute approximate surface area is 188 Å². The van der Waals surface area contributed by atoms with Gasteiger partial charge in [-0.05, 0) is 31.0 Å². The Morgan fingerprint density at radius 3 is 2.25 bits per heavy atom. The van der Waals surface area contributed by atoms with Gasteiger partial charge in [-0.25, -0.2) is 8.42 Å². The lowest BCUT2D eigenvalue weighted by molar-refractivity contribution is 0.0689. The molecular weight excluding hydrogens is 434 g/mol. The lowest BCUT2D eigenvalue weighted by Gasteiger charge is -2.33. The van der Waals surface area contributed by atoms with Gasteiger partial charge in [-0.1, -0.05) is 0 Å². The number of carbonyl (C=O) groups excluding carboxylic acids is 1. The van der Waals surface area contributed by atoms with Crippen LogP contribution >= 0.6 is 0 Å². The molecule has 2 aliphatic heterocycles. The summed E-state index contributed by atoms with van der Waals surface area (Å²) in [6.07, 6.45) is 5.73. The van der Waals surface area contributed by atoms with Crippen LogP contribution in [0.3, 0.4) is 0 Å². The molecule has 4 rings (SSSR count). The summed E-state index contributed by atoms with van der Waals surface area (Å²) in [4.78, 5) is 15.2. The van der Waals surface area contributed by atoms with Crippen LogP contribution in [0.5, 0.6) is 11.5 Å². The fraction of sp³-hybridized carbons (Fsp3) is 0.500. The van der Waals surface area contributed by atoms with Crippen LogP contribution in [0.15, 0.2) is 41.6 Å². The monoisotopic (exact) mass is 463 g/mol. The number of likely N-dealkylation sites (tertiary alicyclic amines) is 1. The van der Waals surface area contributed by atoms with E-state index < -0.39 is 10.0 Å². The summed E-state index contributed by atoms with van der Waals surface area (Å²) in [6, 6.07) is 7.16. The molecule has 2 aliphatic rings. The molecule has 0 aliphatic carbocycles. The Hall–Kier alpha value is -2.56. The summed E-state index contributed by atoms with van der Waals surface area (Å²) in [7, 11) is -0.923. The fourth-order valence-electron chi connectivity index (χ4n) is 4.31. The van der Waals surface area contributed by atoms with Crippen molar-refractivity contribution in [3.63, 3.8) is 0 Å². The van der Waals surface area contributed by atoms with E-state index in [9.17, 15) is 13.2 Å². The van der Waals surface area contributed by atoms with Gasteiger partial charge in [0.25, 0.3) is 5.91 Å². The standard InChI is InChI=1S/C22H29N3O6S/c1-29-20-16-18(32(27,28)25-11-13-31-14-12-25)15-19(21(20)30-2)22(26)24-9-5-17(6-10-24)23-7-3-4-8-23/h3-4,7-8,15-17H,5-6,9-14H2,1-2H3. The smallest absolute Gasteiger partial charge is 0.257 e. The molecule has 0 bridgehead atoms. The summed E-state index contributed by atoms with van der Waals surface area (Å²) in [6.45, 7) is 2.38. The molecule has 0 unspecified atom stereocenters. The molecule has 0 radical (unpaired) electrons. The Bertz CT molecular complexity index is 1040. The quantitative estimate of drug-likeness (QED) is 0.651. The lowest BCUT2D eigenvalue weighted by atomic mass is 10.0. The summed E-state index contributed by atoms with van der Waals surface area (Å²) >= 11 is 0. The molecule has 2 saturated heterocycles. The zero-order chi connectivity index (χ0) is 22.7. The minimum Gasteiger partial charge on any atom is -0.493 e. The molecule has 1 amide bonds. The summed E-state index contributed by atoms with van der Waals surface area (Å²) in [5, 5.41) is 0. The molecule has 174 valence electrons. The number of morpholine rings is 1. The van der Waals surface area contributed by atoms with Crippen LogP contribution in [-0.2, 0) is 14.8 Å². The van der Waals surface area contributed by atoms with E-state index in [0.717, 1.165) is 12.8 Å². The Morgan fingerprint density at radius 1 is 1.00 bits per heavy atom. The van der Waals surface area contributed by atoms with Gasteiger partial charge in [0.05, 0.1) is 37.9 Å². The number of carbonyl (C=O) groups is 1. The molecule has 2 aromatic rings. The first kappa shape index (κ1) is 22.6. The van der Waals surface area contributed by atoms with Crippen LogP contribution < -0.4 is 9.47 Å². The predicted molar refractivity (Wildman–Crippen MR) is 118 cm³/mol. The summed E-state index contributed by atoms with van der Waals surface area (Å²) in [5.74, 6) is 0.198. The number of piperidine rings is 1. The van der Waals surface area contributed by atoms with Crippen LogP contribution in [-0.4, -0.2) is 81.7 Å². The number of ether oxygens (including phenoxy) is 3. The Kier molecular flexibility index (Phi) is 6.73. The molecule has 2 fully saturated rings. The highest BCUT2D eigenvalue weighted by atomic mass is 32.2. The average molecular weight is 464 g/mol. The van der Waals surface area contributed by atoms with Gasteiger partial charge in [0.15, 0.2) is 11.5 Å². The molecule has 3 heterocycles. The molecule has 1 aromatic carbocycles. The maximum Gasteiger partial charge on any atom is 0.257 e. The van der Waals surface area contributed by atoms with Crippen LogP contribution in [0, 0.1) is 0 Å². The normalized spacial score (nSPS) is 18.5. The van der Waals surface area contributed by atoms with Gasteiger partial charge < -0.3 is 23.7 Å². The van der Waals surface area contributed by atoms with Crippen molar-refractivity contribution >= 4 is 15.9 Å². The van der Waals surface area contributed by atoms with E-state index in [1.807, 2.05) is 24.5 Å². The third kappa shape index (κ3) is 4.35. The van der Waals surface area contributed by atoms with Crippen LogP contribution in [0.2, 0.25) is 0 Å². The van der Waals surface area contributed by atoms with Crippen molar-refractivity contribution in [1.29, 1.82) is 0 Å². The number of aromatic nitrogens is 1. The summed E-state index contributed by atoms with van der Waals surface area (Å²) in [5.41, 5.74) is 0.193. The average Bonchev–Trinajstić information content (AvgIpc) is 3.38. The molecule has 0 spiro atoms. The van der Waals surface area contributed by atoms with Crippen molar-refractivity contribution < 1.29 is 27.4 Å². The molecule has 32 heavy (non-hydrogen) atoms. The van der Waals surface area contributed by atoms with Crippen molar-refractivity contribution in [3.05, 3.63) is 42.2 Å². The van der Waals surface area contributed by atoms with E-state index in [0.29, 0.717) is 32.3 Å². The number of rotatable bonds is 6. The number of hydrogen-bond donors (Lipinski definition) is 0. The molecule has 1 aromatic heterocycles. The zero-order valence-electron chi connectivity index (χ0n) is 18.4. The minimum absolute atomic E-state index is 0.0163. The Balaban J connectivity index is 1.62. The van der Waals surface area contributed by atoms with E-state index in [4.69, 9.17) is 14.2 Å². The second kappa shape index (κ2) is 9.51. The third-order valence-corrected chi connectivity index (χ3v) is 7.97. The molecule has 10 heteroatoms. The maximum absolute atomic E-state index is 13.5. The van der Waals surface area contributed by atoms with Crippen molar-refractivity contribution in [2.75, 3.05) is 53.6 Å². The molecule has 0 N–H and O–H groups in total. The molecule has 9 nitrogen and oxygen atoms in total. The summed E-state index contributed by atoms with van der Waals surface area (Å²) < 4.78 is 46.1. The van der Waals surface area contributed by atoms with Gasteiger partial charge in [0.1, 0.15) is 0 Å².